The molecule has 0 amide bonds. The third-order valence-corrected chi connectivity index (χ3v) is 0. The minimum atomic E-state index is 0. The highest BCUT2D eigenvalue weighted by Crippen LogP contribution is 1.81. The Balaban J connectivity index is 0. The maximum atomic E-state index is 6.66. The van der Waals surface area contributed by atoms with E-state index in [2.05, 4.69) is 0 Å². The minimum Gasteiger partial charge on any atom is -0.0776 e. The van der Waals surface area contributed by atoms with Crippen LogP contribution in [-0.4, -0.2) is 0 Å². The molecule has 0 saturated carbocycles. The van der Waals surface area contributed by atoms with Gasteiger partial charge in [-0.05, 0) is 5.92 Å². The Bertz CT molecular complexity index is 17.9. The van der Waals surface area contributed by atoms with Crippen LogP contribution >= 0.6 is 0 Å². The van der Waals surface area contributed by atoms with E-state index in [1.165, 1.54) is 0 Å². The van der Waals surface area contributed by atoms with Crippen molar-refractivity contribution in [2.75, 3.05) is 0 Å². The van der Waals surface area contributed by atoms with E-state index in [-0.39, 0.29) is 7.43 Å². The molecule has 0 heterocycles. The lowest BCUT2D eigenvalue weighted by Crippen LogP contribution is -1.66. The molecule has 0 unspecified atom stereocenters. The second-order valence-electron chi connectivity index (χ2n) is 1.39. The van der Waals surface area contributed by atoms with Crippen molar-refractivity contribution in [2.24, 2.45) is 5.92 Å². The number of hydrogen-bond acceptors (Lipinski definition) is 0. The van der Waals surface area contributed by atoms with Crippen molar-refractivity contribution < 1.29 is 1.37 Å². The molecule has 0 aromatic carbocycles. The minimum absolute atomic E-state index is 0. The third kappa shape index (κ3) is 0. The van der Waals surface area contributed by atoms with Crippen LogP contribution in [0.1, 0.15) is 29.5 Å². The van der Waals surface area contributed by atoms with Gasteiger partial charge in [0.25, 0.3) is 0 Å². The van der Waals surface area contributed by atoms with Gasteiger partial charge >= 0.3 is 0 Å². The highest BCUT2D eigenvalue weighted by Gasteiger charge is 1.68. The molecule has 0 N–H and O–H groups in total. The third-order valence-electron chi connectivity index (χ3n) is 0. The summed E-state index contributed by atoms with van der Waals surface area (Å²) in [5.41, 5.74) is 0. The second-order valence-corrected chi connectivity index (χ2v) is 1.39. The van der Waals surface area contributed by atoms with Gasteiger partial charge in [-0.15, -0.1) is 0 Å². The monoisotopic (exact) mass is 75.1 g/mol. The van der Waals surface area contributed by atoms with Crippen molar-refractivity contribution in [1.29, 1.82) is 0 Å². The molecule has 0 saturated heterocycles. The molecule has 5 heavy (non-hydrogen) atoms. The zero-order chi connectivity index (χ0) is 4.28. The van der Waals surface area contributed by atoms with Crippen LogP contribution in [0.2, 0.25) is 0 Å². The normalized spacial score (nSPS) is 9.80. The molecule has 0 fully saturated rings. The van der Waals surface area contributed by atoms with Crippen LogP contribution in [0.25, 0.3) is 0 Å². The standard InChI is InChI=1S/C4H10.CH4/c1-4(2)3;/h4H,1-3H3;1H4/i1D;. The Hall–Kier alpha value is 0. The summed E-state index contributed by atoms with van der Waals surface area (Å²) in [7, 11) is 0. The van der Waals surface area contributed by atoms with E-state index in [0.717, 1.165) is 0 Å². The van der Waals surface area contributed by atoms with Gasteiger partial charge in [0.2, 0.25) is 0 Å². The summed E-state index contributed by atoms with van der Waals surface area (Å²) < 4.78 is 6.66. The number of hydrogen-bond donors (Lipinski definition) is 0. The van der Waals surface area contributed by atoms with E-state index in [9.17, 15) is 0 Å². The van der Waals surface area contributed by atoms with Crippen molar-refractivity contribution >= 4 is 0 Å². The highest BCUT2D eigenvalue weighted by molar-refractivity contribution is 4.20. The fraction of sp³-hybridized carbons (Fsp3) is 1.00. The molecule has 0 aliphatic carbocycles. The molecule has 0 aromatic rings. The molecule has 0 heteroatoms. The van der Waals surface area contributed by atoms with Gasteiger partial charge in [-0.2, -0.15) is 0 Å². The summed E-state index contributed by atoms with van der Waals surface area (Å²) in [6, 6.07) is 0. The van der Waals surface area contributed by atoms with Crippen LogP contribution in [0.5, 0.6) is 0 Å². The predicted molar refractivity (Wildman–Crippen MR) is 27.2 cm³/mol. The van der Waals surface area contributed by atoms with Gasteiger partial charge in [-0.1, -0.05) is 28.2 Å². The lowest BCUT2D eigenvalue weighted by Gasteiger charge is -1.79. The summed E-state index contributed by atoms with van der Waals surface area (Å²) in [4.78, 5) is 0. The van der Waals surface area contributed by atoms with Crippen molar-refractivity contribution in [3.63, 3.8) is 0 Å². The first-order chi connectivity index (χ1) is 2.27. The molecule has 0 bridgehead atoms. The maximum absolute atomic E-state index is 6.66. The topological polar surface area (TPSA) is 0 Å². The van der Waals surface area contributed by atoms with Crippen LogP contribution in [0.4, 0.5) is 0 Å². The molecule has 34 valence electrons. The van der Waals surface area contributed by atoms with Crippen molar-refractivity contribution in [3.8, 4) is 0 Å². The number of rotatable bonds is 0. The first-order valence-corrected chi connectivity index (χ1v) is 1.56. The smallest absolute Gasteiger partial charge is 0.0233 e. The van der Waals surface area contributed by atoms with Crippen LogP contribution in [0.3, 0.4) is 0 Å². The van der Waals surface area contributed by atoms with Crippen molar-refractivity contribution in [3.05, 3.63) is 0 Å². The maximum Gasteiger partial charge on any atom is 0.0233 e. The highest BCUT2D eigenvalue weighted by atomic mass is 13.7. The molecule has 0 aliphatic rings. The summed E-state index contributed by atoms with van der Waals surface area (Å²) in [6.45, 7) is 4.62. The molecule has 0 nitrogen and oxygen atoms in total. The van der Waals surface area contributed by atoms with E-state index in [1.54, 1.807) is 0 Å². The van der Waals surface area contributed by atoms with Crippen molar-refractivity contribution in [2.45, 2.75) is 28.2 Å². The van der Waals surface area contributed by atoms with Gasteiger partial charge in [0.1, 0.15) is 0 Å². The average molecular weight is 75.2 g/mol. The summed E-state index contributed by atoms with van der Waals surface area (Å²) in [6.07, 6.45) is 0. The zero-order valence-corrected chi connectivity index (χ0v) is 3.28. The summed E-state index contributed by atoms with van der Waals surface area (Å²) in [5.74, 6) is 0.551. The quantitative estimate of drug-likeness (QED) is 0.414. The predicted octanol–water partition coefficient (Wildman–Crippen LogP) is 2.30. The van der Waals surface area contributed by atoms with E-state index in [1.807, 2.05) is 13.8 Å². The fourth-order valence-electron chi connectivity index (χ4n) is 0. The molecule has 0 aromatic heterocycles. The first kappa shape index (κ1) is 5.00. The van der Waals surface area contributed by atoms with E-state index >= 15 is 0 Å². The first-order valence-electron chi connectivity index (χ1n) is 2.27. The fourth-order valence-corrected chi connectivity index (χ4v) is 0. The Labute approximate surface area is 36.6 Å². The molecule has 0 atom stereocenters. The Morgan fingerprint density at radius 1 is 1.60 bits per heavy atom. The van der Waals surface area contributed by atoms with Crippen LogP contribution in [-0.2, 0) is 0 Å². The summed E-state index contributed by atoms with van der Waals surface area (Å²) in [5, 5.41) is 0. The Morgan fingerprint density at radius 3 is 1.80 bits per heavy atom. The molecule has 0 radical (unpaired) electrons. The Kier molecular flexibility index (Phi) is 4.00. The second kappa shape index (κ2) is 4.00. The zero-order valence-electron chi connectivity index (χ0n) is 4.28. The van der Waals surface area contributed by atoms with Gasteiger partial charge in [-0.3, -0.25) is 0 Å². The lowest BCUT2D eigenvalue weighted by atomic mass is 10.3. The molecular weight excluding hydrogens is 60.1 g/mol. The average Bonchev–Trinajstić information content (AvgIpc) is 1.38. The van der Waals surface area contributed by atoms with Gasteiger partial charge < -0.3 is 0 Å². The SMILES string of the molecule is C.[2H]CC(C)C. The molecular formula is C5H14. The largest absolute Gasteiger partial charge is 0.0776 e. The summed E-state index contributed by atoms with van der Waals surface area (Å²) >= 11 is 0. The molecule has 0 rings (SSSR count). The molecule has 0 spiro atoms. The van der Waals surface area contributed by atoms with Crippen molar-refractivity contribution in [1.82, 2.24) is 0 Å². The lowest BCUT2D eigenvalue weighted by molar-refractivity contribution is 0.737. The Morgan fingerprint density at radius 2 is 1.80 bits per heavy atom. The van der Waals surface area contributed by atoms with E-state index in [0.29, 0.717) is 12.8 Å². The molecule has 0 aliphatic heterocycles. The van der Waals surface area contributed by atoms with Crippen LogP contribution < -0.4 is 0 Å². The van der Waals surface area contributed by atoms with Crippen LogP contribution in [0, 0.1) is 5.92 Å². The van der Waals surface area contributed by atoms with Gasteiger partial charge in [-0.25, -0.2) is 0 Å². The van der Waals surface area contributed by atoms with Crippen LogP contribution in [0.15, 0.2) is 0 Å². The van der Waals surface area contributed by atoms with Gasteiger partial charge in [0.15, 0.2) is 0 Å². The van der Waals surface area contributed by atoms with Gasteiger partial charge in [0.05, 0.1) is 0 Å². The van der Waals surface area contributed by atoms with Gasteiger partial charge in [0, 0.05) is 1.37 Å². The van der Waals surface area contributed by atoms with E-state index in [4.69, 9.17) is 1.37 Å². The van der Waals surface area contributed by atoms with E-state index < -0.39 is 0 Å².